The number of imidazole rings is 1. The molecule has 0 aliphatic rings. The molecule has 1 aromatic carbocycles. The van der Waals surface area contributed by atoms with Gasteiger partial charge in [-0.2, -0.15) is 5.10 Å². The number of fused-ring (bicyclic) bond motifs is 1. The minimum atomic E-state index is 0.554. The van der Waals surface area contributed by atoms with Crippen molar-refractivity contribution in [1.82, 2.24) is 24.5 Å². The molecule has 126 valence electrons. The van der Waals surface area contributed by atoms with Gasteiger partial charge in [0, 0.05) is 31.4 Å². The first-order valence-corrected chi connectivity index (χ1v) is 8.29. The second-order valence-electron chi connectivity index (χ2n) is 5.81. The highest BCUT2D eigenvalue weighted by Crippen LogP contribution is 2.23. The first-order chi connectivity index (χ1) is 12.3. The fourth-order valence-electron chi connectivity index (χ4n) is 2.94. The highest BCUT2D eigenvalue weighted by atomic mass is 16.7. The fraction of sp³-hybridized carbons (Fsp3) is 0.211. The van der Waals surface area contributed by atoms with Gasteiger partial charge in [-0.15, -0.1) is 4.73 Å². The van der Waals surface area contributed by atoms with Crippen LogP contribution in [-0.2, 0) is 13.5 Å². The van der Waals surface area contributed by atoms with E-state index in [-0.39, 0.29) is 0 Å². The molecule has 4 rings (SSSR count). The van der Waals surface area contributed by atoms with Crippen molar-refractivity contribution in [3.63, 3.8) is 0 Å². The number of pyridine rings is 1. The molecule has 0 atom stereocenters. The normalized spacial score (nSPS) is 11.1. The molecule has 0 aliphatic heterocycles. The molecule has 0 aliphatic carbocycles. The van der Waals surface area contributed by atoms with Gasteiger partial charge in [-0.25, -0.2) is 9.97 Å². The molecule has 0 saturated heterocycles. The van der Waals surface area contributed by atoms with Crippen molar-refractivity contribution in [2.24, 2.45) is 7.05 Å². The summed E-state index contributed by atoms with van der Waals surface area (Å²) in [6.07, 6.45) is 4.31. The van der Waals surface area contributed by atoms with Crippen LogP contribution < -0.4 is 4.84 Å². The Labute approximate surface area is 145 Å². The summed E-state index contributed by atoms with van der Waals surface area (Å²) in [6, 6.07) is 14.2. The number of nitrogens with zero attached hydrogens (tertiary/aromatic N) is 5. The molecule has 0 saturated carbocycles. The van der Waals surface area contributed by atoms with Gasteiger partial charge in [-0.3, -0.25) is 4.68 Å². The van der Waals surface area contributed by atoms with Crippen LogP contribution in [0.1, 0.15) is 18.3 Å². The number of hydrogen-bond acceptors (Lipinski definition) is 4. The van der Waals surface area contributed by atoms with Crippen LogP contribution in [0.3, 0.4) is 0 Å². The molecule has 6 heteroatoms. The van der Waals surface area contributed by atoms with E-state index in [1.54, 1.807) is 10.9 Å². The second kappa shape index (κ2) is 6.39. The summed E-state index contributed by atoms with van der Waals surface area (Å²) in [4.78, 5) is 15.2. The summed E-state index contributed by atoms with van der Waals surface area (Å²) < 4.78 is 3.57. The third kappa shape index (κ3) is 2.87. The Morgan fingerprint density at radius 1 is 1.12 bits per heavy atom. The average Bonchev–Trinajstić information content (AvgIpc) is 3.20. The van der Waals surface area contributed by atoms with Gasteiger partial charge in [0.25, 0.3) is 0 Å². The Balaban J connectivity index is 1.80. The summed E-state index contributed by atoms with van der Waals surface area (Å²) in [5.74, 6) is 0.845. The minimum absolute atomic E-state index is 0.554. The molecule has 4 aromatic rings. The summed E-state index contributed by atoms with van der Waals surface area (Å²) in [5.41, 5.74) is 4.73. The zero-order chi connectivity index (χ0) is 17.2. The first-order valence-electron chi connectivity index (χ1n) is 8.29. The number of hydrogen-bond donors (Lipinski definition) is 0. The lowest BCUT2D eigenvalue weighted by molar-refractivity contribution is 0.123. The topological polar surface area (TPSA) is 57.8 Å². The number of aromatic nitrogens is 5. The van der Waals surface area contributed by atoms with Crippen LogP contribution in [0.25, 0.3) is 22.4 Å². The molecule has 0 unspecified atom stereocenters. The van der Waals surface area contributed by atoms with E-state index in [1.807, 2.05) is 55.2 Å². The second-order valence-corrected chi connectivity index (χ2v) is 5.81. The van der Waals surface area contributed by atoms with Gasteiger partial charge in [0.15, 0.2) is 11.5 Å². The summed E-state index contributed by atoms with van der Waals surface area (Å²) in [7, 11) is 1.92. The molecule has 0 amide bonds. The monoisotopic (exact) mass is 333 g/mol. The van der Waals surface area contributed by atoms with E-state index < -0.39 is 0 Å². The van der Waals surface area contributed by atoms with Gasteiger partial charge in [0.05, 0.1) is 5.69 Å². The van der Waals surface area contributed by atoms with Crippen molar-refractivity contribution in [2.45, 2.75) is 13.3 Å². The van der Waals surface area contributed by atoms with E-state index in [2.05, 4.69) is 22.2 Å². The van der Waals surface area contributed by atoms with Crippen molar-refractivity contribution >= 4 is 11.2 Å². The lowest BCUT2D eigenvalue weighted by Gasteiger charge is -2.08. The lowest BCUT2D eigenvalue weighted by atomic mass is 10.1. The highest BCUT2D eigenvalue weighted by molar-refractivity contribution is 5.77. The molecule has 3 aromatic heterocycles. The van der Waals surface area contributed by atoms with E-state index in [0.717, 1.165) is 28.2 Å². The zero-order valence-electron chi connectivity index (χ0n) is 14.3. The molecule has 25 heavy (non-hydrogen) atoms. The van der Waals surface area contributed by atoms with E-state index >= 15 is 0 Å². The zero-order valence-corrected chi connectivity index (χ0v) is 14.3. The Hall–Kier alpha value is -3.15. The van der Waals surface area contributed by atoms with Gasteiger partial charge in [0.1, 0.15) is 12.1 Å². The van der Waals surface area contributed by atoms with Crippen molar-refractivity contribution in [1.29, 1.82) is 0 Å². The first kappa shape index (κ1) is 15.4. The summed E-state index contributed by atoms with van der Waals surface area (Å²) >= 11 is 0. The Bertz CT molecular complexity index is 1000. The number of benzene rings is 1. The number of aryl methyl sites for hydroxylation is 1. The highest BCUT2D eigenvalue weighted by Gasteiger charge is 2.15. The van der Waals surface area contributed by atoms with Crippen molar-refractivity contribution in [2.75, 3.05) is 6.61 Å². The molecule has 6 nitrogen and oxygen atoms in total. The summed E-state index contributed by atoms with van der Waals surface area (Å²) in [6.45, 7) is 2.51. The van der Waals surface area contributed by atoms with E-state index in [4.69, 9.17) is 9.82 Å². The molecule has 0 radical (unpaired) electrons. The maximum Gasteiger partial charge on any atom is 0.196 e. The third-order valence-corrected chi connectivity index (χ3v) is 4.10. The Kier molecular flexibility index (Phi) is 3.93. The van der Waals surface area contributed by atoms with Gasteiger partial charge < -0.3 is 4.84 Å². The largest absolute Gasteiger partial charge is 0.411 e. The maximum absolute atomic E-state index is 5.79. The van der Waals surface area contributed by atoms with Crippen molar-refractivity contribution in [3.8, 4) is 11.3 Å². The van der Waals surface area contributed by atoms with Crippen LogP contribution in [0.2, 0.25) is 0 Å². The maximum atomic E-state index is 5.79. The average molecular weight is 333 g/mol. The van der Waals surface area contributed by atoms with Gasteiger partial charge in [0.2, 0.25) is 0 Å². The third-order valence-electron chi connectivity index (χ3n) is 4.10. The SMILES string of the molecule is CCOn1c(Cc2ccccc2)nc2cc(-c3ccnn3C)cnc21. The van der Waals surface area contributed by atoms with Gasteiger partial charge >= 0.3 is 0 Å². The van der Waals surface area contributed by atoms with E-state index in [0.29, 0.717) is 13.0 Å². The predicted molar refractivity (Wildman–Crippen MR) is 96.1 cm³/mol. The van der Waals surface area contributed by atoms with Crippen molar-refractivity contribution in [3.05, 3.63) is 66.2 Å². The van der Waals surface area contributed by atoms with Gasteiger partial charge in [-0.05, 0) is 24.6 Å². The smallest absolute Gasteiger partial charge is 0.196 e. The molecular weight excluding hydrogens is 314 g/mol. The van der Waals surface area contributed by atoms with Crippen LogP contribution in [0.15, 0.2) is 54.9 Å². The molecule has 0 spiro atoms. The lowest BCUT2D eigenvalue weighted by Crippen LogP contribution is -2.15. The standard InChI is InChI=1S/C19H19N5O/c1-3-25-24-18(11-14-7-5-4-6-8-14)22-16-12-15(13-20-19(16)24)17-9-10-21-23(17)2/h4-10,12-13H,3,11H2,1-2H3. The van der Waals surface area contributed by atoms with Crippen molar-refractivity contribution < 1.29 is 4.84 Å². The summed E-state index contributed by atoms with van der Waals surface area (Å²) in [5, 5.41) is 4.22. The number of rotatable bonds is 5. The van der Waals surface area contributed by atoms with Crippen LogP contribution in [0.4, 0.5) is 0 Å². The van der Waals surface area contributed by atoms with Gasteiger partial charge in [-0.1, -0.05) is 30.3 Å². The van der Waals surface area contributed by atoms with Crippen LogP contribution >= 0.6 is 0 Å². The minimum Gasteiger partial charge on any atom is -0.411 e. The molecule has 0 fully saturated rings. The molecular formula is C19H19N5O. The Morgan fingerprint density at radius 3 is 2.68 bits per heavy atom. The fourth-order valence-corrected chi connectivity index (χ4v) is 2.94. The Morgan fingerprint density at radius 2 is 1.96 bits per heavy atom. The van der Waals surface area contributed by atoms with Crippen LogP contribution in [0.5, 0.6) is 0 Å². The quantitative estimate of drug-likeness (QED) is 0.563. The van der Waals surface area contributed by atoms with E-state index in [9.17, 15) is 0 Å². The predicted octanol–water partition coefficient (Wildman–Crippen LogP) is 2.87. The van der Waals surface area contributed by atoms with Crippen LogP contribution in [0, 0.1) is 0 Å². The molecule has 0 bridgehead atoms. The molecule has 3 heterocycles. The van der Waals surface area contributed by atoms with E-state index in [1.165, 1.54) is 5.56 Å². The molecule has 0 N–H and O–H groups in total. The van der Waals surface area contributed by atoms with Crippen LogP contribution in [-0.4, -0.2) is 31.1 Å².